The van der Waals surface area contributed by atoms with E-state index >= 15 is 0 Å². The van der Waals surface area contributed by atoms with Crippen LogP contribution in [-0.2, 0) is 0 Å². The Labute approximate surface area is 101 Å². The monoisotopic (exact) mass is 227 g/mol. The lowest BCUT2D eigenvalue weighted by atomic mass is 9.94. The molecule has 88 valence electrons. The Kier molecular flexibility index (Phi) is 2.48. The van der Waals surface area contributed by atoms with Crippen LogP contribution in [0.3, 0.4) is 0 Å². The second-order valence-corrected chi connectivity index (χ2v) is 4.84. The average Bonchev–Trinajstić information content (AvgIpc) is 2.76. The highest BCUT2D eigenvalue weighted by Crippen LogP contribution is 2.29. The Morgan fingerprint density at radius 3 is 3.06 bits per heavy atom. The maximum Gasteiger partial charge on any atom is 0.0656 e. The number of aromatic nitrogens is 2. The van der Waals surface area contributed by atoms with E-state index in [9.17, 15) is 0 Å². The molecule has 1 aromatic heterocycles. The number of H-pyrrole nitrogens is 1. The number of aromatic amines is 1. The Morgan fingerprint density at radius 2 is 2.24 bits per heavy atom. The number of hydrogen-bond acceptors (Lipinski definition) is 2. The van der Waals surface area contributed by atoms with E-state index in [4.69, 9.17) is 0 Å². The van der Waals surface area contributed by atoms with Crippen molar-refractivity contribution in [1.82, 2.24) is 15.1 Å². The lowest BCUT2D eigenvalue weighted by molar-refractivity contribution is 0.373. The van der Waals surface area contributed by atoms with Crippen molar-refractivity contribution in [3.63, 3.8) is 0 Å². The van der Waals surface area contributed by atoms with Crippen LogP contribution in [0.2, 0.25) is 0 Å². The van der Waals surface area contributed by atoms with Crippen molar-refractivity contribution in [2.75, 3.05) is 20.1 Å². The van der Waals surface area contributed by atoms with Crippen LogP contribution in [0.5, 0.6) is 0 Å². The number of nitrogens with zero attached hydrogens (tertiary/aromatic N) is 2. The van der Waals surface area contributed by atoms with Crippen LogP contribution in [0.1, 0.15) is 17.5 Å². The Balaban J connectivity index is 2.18. The van der Waals surface area contributed by atoms with E-state index in [1.807, 2.05) is 6.20 Å². The molecule has 0 bridgehead atoms. The molecule has 0 spiro atoms. The summed E-state index contributed by atoms with van der Waals surface area (Å²) in [5.41, 5.74) is 5.26. The van der Waals surface area contributed by atoms with E-state index in [1.54, 1.807) is 0 Å². The van der Waals surface area contributed by atoms with Crippen molar-refractivity contribution in [3.05, 3.63) is 35.5 Å². The van der Waals surface area contributed by atoms with Gasteiger partial charge in [-0.3, -0.25) is 5.10 Å². The number of benzene rings is 1. The van der Waals surface area contributed by atoms with Crippen molar-refractivity contribution >= 4 is 16.5 Å². The fraction of sp³-hybridized carbons (Fsp3) is 0.357. The summed E-state index contributed by atoms with van der Waals surface area (Å²) in [5.74, 6) is 0. The van der Waals surface area contributed by atoms with Gasteiger partial charge in [-0.25, -0.2) is 0 Å². The van der Waals surface area contributed by atoms with Gasteiger partial charge in [-0.15, -0.1) is 0 Å². The van der Waals surface area contributed by atoms with Crippen molar-refractivity contribution < 1.29 is 0 Å². The zero-order valence-electron chi connectivity index (χ0n) is 10.3. The third-order valence-electron chi connectivity index (χ3n) is 3.50. The van der Waals surface area contributed by atoms with E-state index in [-0.39, 0.29) is 0 Å². The van der Waals surface area contributed by atoms with Gasteiger partial charge in [0.05, 0.1) is 11.7 Å². The molecule has 0 saturated heterocycles. The molecule has 0 aliphatic carbocycles. The van der Waals surface area contributed by atoms with E-state index in [0.29, 0.717) is 0 Å². The maximum absolute atomic E-state index is 4.15. The normalized spacial score (nSPS) is 17.4. The fourth-order valence-corrected chi connectivity index (χ4v) is 2.63. The first kappa shape index (κ1) is 10.5. The minimum Gasteiger partial charge on any atom is -0.302 e. The molecule has 0 unspecified atom stereocenters. The van der Waals surface area contributed by atoms with Crippen LogP contribution < -0.4 is 0 Å². The minimum absolute atomic E-state index is 1.03. The zero-order valence-corrected chi connectivity index (χ0v) is 10.3. The molecular formula is C14H17N3. The van der Waals surface area contributed by atoms with Gasteiger partial charge in [-0.05, 0) is 43.2 Å². The average molecular weight is 227 g/mol. The van der Waals surface area contributed by atoms with E-state index < -0.39 is 0 Å². The predicted molar refractivity (Wildman–Crippen MR) is 70.9 cm³/mol. The van der Waals surface area contributed by atoms with Gasteiger partial charge >= 0.3 is 0 Å². The molecule has 3 rings (SSSR count). The largest absolute Gasteiger partial charge is 0.302 e. The van der Waals surface area contributed by atoms with Gasteiger partial charge in [0.15, 0.2) is 0 Å². The molecule has 0 saturated carbocycles. The van der Waals surface area contributed by atoms with Gasteiger partial charge < -0.3 is 4.90 Å². The van der Waals surface area contributed by atoms with Crippen LogP contribution in [0.25, 0.3) is 16.5 Å². The van der Waals surface area contributed by atoms with Crippen molar-refractivity contribution in [3.8, 4) is 0 Å². The maximum atomic E-state index is 4.15. The standard InChI is InChI=1S/C14H17N3/c1-10-5-6-13-12(8-15-16-13)14(10)11-4-3-7-17(2)9-11/h4-6,8H,3,7,9H2,1-2H3,(H,15,16). The molecule has 3 nitrogen and oxygen atoms in total. The summed E-state index contributed by atoms with van der Waals surface area (Å²) in [6.45, 7) is 4.37. The molecule has 1 aromatic carbocycles. The van der Waals surface area contributed by atoms with Gasteiger partial charge in [-0.1, -0.05) is 12.1 Å². The van der Waals surface area contributed by atoms with Gasteiger partial charge in [-0.2, -0.15) is 5.10 Å². The van der Waals surface area contributed by atoms with Crippen LogP contribution >= 0.6 is 0 Å². The summed E-state index contributed by atoms with van der Waals surface area (Å²) in [4.78, 5) is 2.37. The van der Waals surface area contributed by atoms with Gasteiger partial charge in [0.1, 0.15) is 0 Å². The molecule has 1 N–H and O–H groups in total. The van der Waals surface area contributed by atoms with Gasteiger partial charge in [0.25, 0.3) is 0 Å². The molecule has 17 heavy (non-hydrogen) atoms. The lowest BCUT2D eigenvalue weighted by Gasteiger charge is -2.24. The summed E-state index contributed by atoms with van der Waals surface area (Å²) in [5, 5.41) is 8.44. The van der Waals surface area contributed by atoms with Gasteiger partial charge in [0.2, 0.25) is 0 Å². The highest BCUT2D eigenvalue weighted by Gasteiger charge is 2.15. The second kappa shape index (κ2) is 4.00. The third kappa shape index (κ3) is 1.76. The quantitative estimate of drug-likeness (QED) is 0.812. The topological polar surface area (TPSA) is 31.9 Å². The molecule has 3 heteroatoms. The fourth-order valence-electron chi connectivity index (χ4n) is 2.63. The first-order valence-corrected chi connectivity index (χ1v) is 6.06. The smallest absolute Gasteiger partial charge is 0.0656 e. The number of likely N-dealkylation sites (N-methyl/N-ethyl adjacent to an activating group) is 1. The summed E-state index contributed by atoms with van der Waals surface area (Å²) >= 11 is 0. The van der Waals surface area contributed by atoms with Crippen molar-refractivity contribution in [2.45, 2.75) is 13.3 Å². The Morgan fingerprint density at radius 1 is 1.35 bits per heavy atom. The molecule has 0 amide bonds. The number of fused-ring (bicyclic) bond motifs is 1. The summed E-state index contributed by atoms with van der Waals surface area (Å²) < 4.78 is 0. The zero-order chi connectivity index (χ0) is 11.8. The lowest BCUT2D eigenvalue weighted by Crippen LogP contribution is -2.25. The molecule has 2 heterocycles. The SMILES string of the molecule is Cc1ccc2[nH]ncc2c1C1=CCCN(C)C1. The number of rotatable bonds is 1. The number of hydrogen-bond donors (Lipinski definition) is 1. The molecule has 0 fully saturated rings. The number of aryl methyl sites for hydroxylation is 1. The Bertz CT molecular complexity index is 580. The summed E-state index contributed by atoms with van der Waals surface area (Å²) in [6.07, 6.45) is 5.45. The first-order chi connectivity index (χ1) is 8.25. The van der Waals surface area contributed by atoms with Crippen molar-refractivity contribution in [1.29, 1.82) is 0 Å². The predicted octanol–water partition coefficient (Wildman–Crippen LogP) is 2.59. The van der Waals surface area contributed by atoms with Crippen LogP contribution in [0, 0.1) is 6.92 Å². The third-order valence-corrected chi connectivity index (χ3v) is 3.50. The molecular weight excluding hydrogens is 210 g/mol. The molecule has 1 aliphatic rings. The van der Waals surface area contributed by atoms with Crippen LogP contribution in [-0.4, -0.2) is 35.2 Å². The minimum atomic E-state index is 1.03. The van der Waals surface area contributed by atoms with Crippen LogP contribution in [0.15, 0.2) is 24.4 Å². The van der Waals surface area contributed by atoms with Crippen molar-refractivity contribution in [2.24, 2.45) is 0 Å². The highest BCUT2D eigenvalue weighted by molar-refractivity contribution is 5.93. The van der Waals surface area contributed by atoms with Gasteiger partial charge in [0, 0.05) is 18.5 Å². The van der Waals surface area contributed by atoms with E-state index in [2.05, 4.69) is 47.3 Å². The molecule has 0 radical (unpaired) electrons. The second-order valence-electron chi connectivity index (χ2n) is 4.84. The first-order valence-electron chi connectivity index (χ1n) is 6.06. The molecule has 1 aliphatic heterocycles. The van der Waals surface area contributed by atoms with E-state index in [1.165, 1.54) is 22.1 Å². The molecule has 2 aromatic rings. The summed E-state index contributed by atoms with van der Waals surface area (Å²) in [7, 11) is 2.18. The summed E-state index contributed by atoms with van der Waals surface area (Å²) in [6, 6.07) is 4.28. The van der Waals surface area contributed by atoms with E-state index in [0.717, 1.165) is 25.0 Å². The number of nitrogens with one attached hydrogen (secondary N) is 1. The highest BCUT2D eigenvalue weighted by atomic mass is 15.1. The molecule has 0 atom stereocenters. The Hall–Kier alpha value is -1.61. The van der Waals surface area contributed by atoms with Crippen LogP contribution in [0.4, 0.5) is 0 Å².